The van der Waals surface area contributed by atoms with Crippen molar-refractivity contribution < 1.29 is 9.50 Å². The van der Waals surface area contributed by atoms with E-state index in [0.29, 0.717) is 5.56 Å². The van der Waals surface area contributed by atoms with E-state index in [9.17, 15) is 9.50 Å². The van der Waals surface area contributed by atoms with Crippen LogP contribution in [0.5, 0.6) is 0 Å². The van der Waals surface area contributed by atoms with Crippen molar-refractivity contribution in [3.8, 4) is 0 Å². The molecular weight excluding hydrogens is 241 g/mol. The molecule has 0 saturated carbocycles. The molecule has 0 amide bonds. The van der Waals surface area contributed by atoms with Crippen LogP contribution in [-0.2, 0) is 0 Å². The number of hydrogen-bond acceptors (Lipinski definition) is 2. The van der Waals surface area contributed by atoms with Crippen LogP contribution in [0.3, 0.4) is 0 Å². The zero-order chi connectivity index (χ0) is 13.8. The van der Waals surface area contributed by atoms with Gasteiger partial charge in [-0.3, -0.25) is 0 Å². The molecule has 0 aromatic heterocycles. The molecule has 2 unspecified atom stereocenters. The van der Waals surface area contributed by atoms with E-state index in [1.54, 1.807) is 13.0 Å². The lowest BCUT2D eigenvalue weighted by Crippen LogP contribution is -2.26. The van der Waals surface area contributed by atoms with Gasteiger partial charge in [0, 0.05) is 24.3 Å². The quantitative estimate of drug-likeness (QED) is 0.896. The molecule has 1 heterocycles. The van der Waals surface area contributed by atoms with Gasteiger partial charge in [-0.25, -0.2) is 4.39 Å². The van der Waals surface area contributed by atoms with Gasteiger partial charge < -0.3 is 10.0 Å². The number of benzene rings is 1. The van der Waals surface area contributed by atoms with E-state index in [1.165, 1.54) is 18.9 Å². The second kappa shape index (κ2) is 6.38. The van der Waals surface area contributed by atoms with Gasteiger partial charge in [0.1, 0.15) is 5.82 Å². The van der Waals surface area contributed by atoms with E-state index in [-0.39, 0.29) is 5.82 Å². The van der Waals surface area contributed by atoms with E-state index >= 15 is 0 Å². The first-order chi connectivity index (χ1) is 9.13. The topological polar surface area (TPSA) is 23.5 Å². The molecule has 1 saturated heterocycles. The van der Waals surface area contributed by atoms with Crippen molar-refractivity contribution in [1.29, 1.82) is 0 Å². The normalized spacial score (nSPS) is 22.1. The molecule has 1 aliphatic rings. The smallest absolute Gasteiger partial charge is 0.131 e. The number of aliphatic hydroxyl groups excluding tert-OH is 1. The Labute approximate surface area is 115 Å². The van der Waals surface area contributed by atoms with Crippen LogP contribution in [0.1, 0.15) is 51.2 Å². The monoisotopic (exact) mass is 265 g/mol. The lowest BCUT2D eigenvalue weighted by Gasteiger charge is -2.26. The Kier molecular flexibility index (Phi) is 4.81. The number of nitrogens with zero attached hydrogens (tertiary/aromatic N) is 1. The standard InChI is InChI=1S/C16H24FNO/c1-3-13-6-5-10-18(11-9-13)15-8-4-7-14(17)16(15)12(2)19/h4,7-8,12-13,19H,3,5-6,9-11H2,1-2H3. The molecule has 0 spiro atoms. The Morgan fingerprint density at radius 2 is 2.16 bits per heavy atom. The Bertz CT molecular complexity index is 419. The van der Waals surface area contributed by atoms with Crippen LogP contribution in [0.15, 0.2) is 18.2 Å². The molecule has 1 aliphatic heterocycles. The van der Waals surface area contributed by atoms with Crippen LogP contribution in [0.2, 0.25) is 0 Å². The van der Waals surface area contributed by atoms with Gasteiger partial charge in [-0.2, -0.15) is 0 Å². The first kappa shape index (κ1) is 14.3. The third-order valence-corrected chi connectivity index (χ3v) is 4.21. The highest BCUT2D eigenvalue weighted by molar-refractivity contribution is 5.55. The molecule has 0 bridgehead atoms. The van der Waals surface area contributed by atoms with E-state index in [0.717, 1.165) is 37.5 Å². The minimum Gasteiger partial charge on any atom is -0.389 e. The van der Waals surface area contributed by atoms with Gasteiger partial charge >= 0.3 is 0 Å². The summed E-state index contributed by atoms with van der Waals surface area (Å²) in [6.07, 6.45) is 4.02. The number of hydrogen-bond donors (Lipinski definition) is 1. The third kappa shape index (κ3) is 3.27. The van der Waals surface area contributed by atoms with Gasteiger partial charge in [0.25, 0.3) is 0 Å². The Balaban J connectivity index is 2.24. The second-order valence-electron chi connectivity index (χ2n) is 5.54. The maximum absolute atomic E-state index is 13.9. The van der Waals surface area contributed by atoms with E-state index in [1.807, 2.05) is 6.07 Å². The summed E-state index contributed by atoms with van der Waals surface area (Å²) in [4.78, 5) is 2.24. The molecule has 1 aromatic carbocycles. The van der Waals surface area contributed by atoms with Crippen molar-refractivity contribution in [2.75, 3.05) is 18.0 Å². The second-order valence-corrected chi connectivity index (χ2v) is 5.54. The third-order valence-electron chi connectivity index (χ3n) is 4.21. The van der Waals surface area contributed by atoms with Crippen molar-refractivity contribution in [3.63, 3.8) is 0 Å². The van der Waals surface area contributed by atoms with Crippen molar-refractivity contribution in [2.24, 2.45) is 5.92 Å². The lowest BCUT2D eigenvalue weighted by atomic mass is 9.98. The fourth-order valence-corrected chi connectivity index (χ4v) is 3.03. The van der Waals surface area contributed by atoms with Crippen molar-refractivity contribution in [1.82, 2.24) is 0 Å². The molecule has 1 aromatic rings. The minimum absolute atomic E-state index is 0.302. The number of anilines is 1. The molecule has 106 valence electrons. The summed E-state index contributed by atoms with van der Waals surface area (Å²) >= 11 is 0. The van der Waals surface area contributed by atoms with Gasteiger partial charge in [0.15, 0.2) is 0 Å². The van der Waals surface area contributed by atoms with Gasteiger partial charge in [-0.1, -0.05) is 19.4 Å². The number of halogens is 1. The number of rotatable bonds is 3. The van der Waals surface area contributed by atoms with Crippen LogP contribution < -0.4 is 4.90 Å². The molecule has 1 N–H and O–H groups in total. The SMILES string of the molecule is CCC1CCCN(c2cccc(F)c2C(C)O)CC1. The first-order valence-corrected chi connectivity index (χ1v) is 7.35. The highest BCUT2D eigenvalue weighted by atomic mass is 19.1. The van der Waals surface area contributed by atoms with E-state index < -0.39 is 6.10 Å². The highest BCUT2D eigenvalue weighted by Gasteiger charge is 2.21. The summed E-state index contributed by atoms with van der Waals surface area (Å²) < 4.78 is 13.9. The summed E-state index contributed by atoms with van der Waals surface area (Å²) in [5, 5.41) is 9.82. The summed E-state index contributed by atoms with van der Waals surface area (Å²) in [5.74, 6) is 0.484. The predicted molar refractivity (Wildman–Crippen MR) is 76.9 cm³/mol. The summed E-state index contributed by atoms with van der Waals surface area (Å²) in [7, 11) is 0. The lowest BCUT2D eigenvalue weighted by molar-refractivity contribution is 0.194. The molecule has 2 nitrogen and oxygen atoms in total. The van der Waals surface area contributed by atoms with Gasteiger partial charge in [-0.05, 0) is 44.2 Å². The van der Waals surface area contributed by atoms with Crippen LogP contribution in [0.4, 0.5) is 10.1 Å². The number of aliphatic hydroxyl groups is 1. The fourth-order valence-electron chi connectivity index (χ4n) is 3.03. The molecule has 1 fully saturated rings. The zero-order valence-electron chi connectivity index (χ0n) is 11.9. The van der Waals surface area contributed by atoms with E-state index in [2.05, 4.69) is 11.8 Å². The largest absolute Gasteiger partial charge is 0.389 e. The molecule has 3 heteroatoms. The molecule has 2 rings (SSSR count). The maximum atomic E-state index is 13.9. The van der Waals surface area contributed by atoms with E-state index in [4.69, 9.17) is 0 Å². The molecule has 2 atom stereocenters. The average molecular weight is 265 g/mol. The van der Waals surface area contributed by atoms with Crippen molar-refractivity contribution in [3.05, 3.63) is 29.6 Å². The summed E-state index contributed by atoms with van der Waals surface area (Å²) in [6.45, 7) is 5.79. The fraction of sp³-hybridized carbons (Fsp3) is 0.625. The molecule has 0 radical (unpaired) electrons. The molecule has 0 aliphatic carbocycles. The molecular formula is C16H24FNO. The summed E-state index contributed by atoms with van der Waals surface area (Å²) in [5.41, 5.74) is 1.31. The Hall–Kier alpha value is -1.09. The van der Waals surface area contributed by atoms with Crippen LogP contribution >= 0.6 is 0 Å². The van der Waals surface area contributed by atoms with Gasteiger partial charge in [0.2, 0.25) is 0 Å². The van der Waals surface area contributed by atoms with Crippen LogP contribution in [0, 0.1) is 11.7 Å². The van der Waals surface area contributed by atoms with Gasteiger partial charge in [0.05, 0.1) is 6.10 Å². The van der Waals surface area contributed by atoms with Crippen LogP contribution in [0.25, 0.3) is 0 Å². The van der Waals surface area contributed by atoms with Crippen molar-refractivity contribution >= 4 is 5.69 Å². The summed E-state index contributed by atoms with van der Waals surface area (Å²) in [6, 6.07) is 5.09. The zero-order valence-corrected chi connectivity index (χ0v) is 11.9. The van der Waals surface area contributed by atoms with Crippen molar-refractivity contribution in [2.45, 2.75) is 45.6 Å². The Morgan fingerprint density at radius 1 is 1.37 bits per heavy atom. The Morgan fingerprint density at radius 3 is 2.84 bits per heavy atom. The minimum atomic E-state index is -0.763. The maximum Gasteiger partial charge on any atom is 0.131 e. The van der Waals surface area contributed by atoms with Gasteiger partial charge in [-0.15, -0.1) is 0 Å². The molecule has 19 heavy (non-hydrogen) atoms. The van der Waals surface area contributed by atoms with Crippen LogP contribution in [-0.4, -0.2) is 18.2 Å². The first-order valence-electron chi connectivity index (χ1n) is 7.35. The average Bonchev–Trinajstić information content (AvgIpc) is 2.63. The highest BCUT2D eigenvalue weighted by Crippen LogP contribution is 2.31. The predicted octanol–water partition coefficient (Wildman–Crippen LogP) is 3.90.